The van der Waals surface area contributed by atoms with Crippen molar-refractivity contribution in [3.63, 3.8) is 0 Å². The largest absolute Gasteiger partial charge is 0.399 e. The Hall–Kier alpha value is -1.93. The van der Waals surface area contributed by atoms with E-state index in [1.165, 1.54) is 8.99 Å². The summed E-state index contributed by atoms with van der Waals surface area (Å²) in [5.74, 6) is -0.251. The molecule has 1 aliphatic rings. The molecule has 1 aromatic heterocycles. The van der Waals surface area contributed by atoms with E-state index in [0.29, 0.717) is 37.0 Å². The van der Waals surface area contributed by atoms with Crippen LogP contribution in [-0.4, -0.2) is 46.8 Å². The van der Waals surface area contributed by atoms with Gasteiger partial charge in [0.1, 0.15) is 6.04 Å². The third-order valence-corrected chi connectivity index (χ3v) is 6.48. The zero-order chi connectivity index (χ0) is 17.5. The molecule has 0 bridgehead atoms. The number of anilines is 1. The number of rotatable bonds is 4. The predicted octanol–water partition coefficient (Wildman–Crippen LogP) is 1.77. The van der Waals surface area contributed by atoms with E-state index in [2.05, 4.69) is 5.10 Å². The summed E-state index contributed by atoms with van der Waals surface area (Å²) < 4.78 is 27.5. The molecule has 0 spiro atoms. The fourth-order valence-electron chi connectivity index (χ4n) is 3.29. The fourth-order valence-corrected chi connectivity index (χ4v) is 5.03. The lowest BCUT2D eigenvalue weighted by molar-refractivity contribution is 0.0822. The average molecular weight is 350 g/mol. The van der Waals surface area contributed by atoms with Crippen molar-refractivity contribution in [3.05, 3.63) is 23.9 Å². The number of fused-ring (bicyclic) bond motifs is 1. The third-order valence-electron chi connectivity index (χ3n) is 4.41. The second-order valence-corrected chi connectivity index (χ2v) is 8.24. The first-order valence-electron chi connectivity index (χ1n) is 8.13. The lowest BCUT2D eigenvalue weighted by atomic mass is 10.2. The molecule has 1 unspecified atom stereocenters. The van der Waals surface area contributed by atoms with E-state index in [-0.39, 0.29) is 11.7 Å². The number of hydrogen-bond donors (Lipinski definition) is 1. The van der Waals surface area contributed by atoms with Crippen LogP contribution in [0.15, 0.2) is 18.2 Å². The SMILES string of the molecule is CCCS(=O)(=O)N1CCCC1C(=O)n1nc(C)c2ccc(N)cc21. The minimum absolute atomic E-state index is 0.0581. The van der Waals surface area contributed by atoms with Crippen LogP contribution >= 0.6 is 0 Å². The van der Waals surface area contributed by atoms with Gasteiger partial charge in [-0.1, -0.05) is 6.92 Å². The zero-order valence-electron chi connectivity index (χ0n) is 13.9. The van der Waals surface area contributed by atoms with Crippen LogP contribution in [0, 0.1) is 6.92 Å². The minimum atomic E-state index is -3.42. The van der Waals surface area contributed by atoms with Gasteiger partial charge in [-0.2, -0.15) is 14.1 Å². The van der Waals surface area contributed by atoms with E-state index in [9.17, 15) is 13.2 Å². The van der Waals surface area contributed by atoms with Gasteiger partial charge in [0.2, 0.25) is 10.0 Å². The maximum absolute atomic E-state index is 13.0. The summed E-state index contributed by atoms with van der Waals surface area (Å²) in [6.45, 7) is 4.03. The van der Waals surface area contributed by atoms with Gasteiger partial charge in [-0.3, -0.25) is 4.79 Å². The van der Waals surface area contributed by atoms with Gasteiger partial charge >= 0.3 is 0 Å². The molecule has 2 heterocycles. The quantitative estimate of drug-likeness (QED) is 0.848. The van der Waals surface area contributed by atoms with Gasteiger partial charge in [0.15, 0.2) is 0 Å². The first-order valence-corrected chi connectivity index (χ1v) is 9.74. The summed E-state index contributed by atoms with van der Waals surface area (Å²) in [5, 5.41) is 5.17. The number of sulfonamides is 1. The number of benzene rings is 1. The molecule has 8 heteroatoms. The van der Waals surface area contributed by atoms with Crippen molar-refractivity contribution in [1.29, 1.82) is 0 Å². The summed E-state index contributed by atoms with van der Waals surface area (Å²) in [5.41, 5.74) is 7.72. The molecule has 1 saturated heterocycles. The zero-order valence-corrected chi connectivity index (χ0v) is 14.7. The molecule has 2 aromatic rings. The monoisotopic (exact) mass is 350 g/mol. The van der Waals surface area contributed by atoms with E-state index < -0.39 is 16.1 Å². The molecule has 24 heavy (non-hydrogen) atoms. The number of nitrogen functional groups attached to an aromatic ring is 1. The van der Waals surface area contributed by atoms with E-state index in [1.54, 1.807) is 12.1 Å². The number of carbonyl (C=O) groups excluding carboxylic acids is 1. The lowest BCUT2D eigenvalue weighted by Crippen LogP contribution is -2.43. The van der Waals surface area contributed by atoms with Crippen molar-refractivity contribution in [2.75, 3.05) is 18.0 Å². The molecule has 1 aliphatic heterocycles. The molecule has 1 aromatic carbocycles. The molecule has 1 fully saturated rings. The van der Waals surface area contributed by atoms with Crippen LogP contribution in [0.5, 0.6) is 0 Å². The molecule has 0 aliphatic carbocycles. The summed E-state index contributed by atoms with van der Waals surface area (Å²) in [7, 11) is -3.42. The molecule has 3 rings (SSSR count). The Morgan fingerprint density at radius 2 is 2.17 bits per heavy atom. The van der Waals surface area contributed by atoms with Crippen molar-refractivity contribution in [1.82, 2.24) is 14.1 Å². The summed E-state index contributed by atoms with van der Waals surface area (Å²) in [4.78, 5) is 13.0. The Morgan fingerprint density at radius 3 is 2.88 bits per heavy atom. The number of hydrogen-bond acceptors (Lipinski definition) is 5. The van der Waals surface area contributed by atoms with Gasteiger partial charge in [0, 0.05) is 17.6 Å². The van der Waals surface area contributed by atoms with Crippen LogP contribution in [0.4, 0.5) is 5.69 Å². The molecule has 2 N–H and O–H groups in total. The predicted molar refractivity (Wildman–Crippen MR) is 93.3 cm³/mol. The number of nitrogens with two attached hydrogens (primary N) is 1. The summed E-state index contributed by atoms with van der Waals surface area (Å²) in [6.07, 6.45) is 1.73. The molecule has 130 valence electrons. The summed E-state index contributed by atoms with van der Waals surface area (Å²) >= 11 is 0. The van der Waals surface area contributed by atoms with Crippen LogP contribution in [0.2, 0.25) is 0 Å². The van der Waals surface area contributed by atoms with E-state index in [0.717, 1.165) is 11.1 Å². The first kappa shape index (κ1) is 16.9. The number of aromatic nitrogens is 2. The lowest BCUT2D eigenvalue weighted by Gasteiger charge is -2.22. The average Bonchev–Trinajstić information content (AvgIpc) is 3.12. The Labute approximate surface area is 141 Å². The highest BCUT2D eigenvalue weighted by Crippen LogP contribution is 2.26. The highest BCUT2D eigenvalue weighted by Gasteiger charge is 2.39. The van der Waals surface area contributed by atoms with E-state index in [1.807, 2.05) is 19.9 Å². The number of carbonyl (C=O) groups is 1. The molecule has 0 radical (unpaired) electrons. The normalized spacial score (nSPS) is 19.2. The summed E-state index contributed by atoms with van der Waals surface area (Å²) in [6, 6.07) is 4.61. The topological polar surface area (TPSA) is 98.3 Å². The van der Waals surface area contributed by atoms with Crippen molar-refractivity contribution in [3.8, 4) is 0 Å². The molecular weight excluding hydrogens is 328 g/mol. The highest BCUT2D eigenvalue weighted by atomic mass is 32.2. The Kier molecular flexibility index (Phi) is 4.35. The number of nitrogens with zero attached hydrogens (tertiary/aromatic N) is 3. The van der Waals surface area contributed by atoms with E-state index in [4.69, 9.17) is 5.73 Å². The Morgan fingerprint density at radius 1 is 1.42 bits per heavy atom. The maximum Gasteiger partial charge on any atom is 0.265 e. The van der Waals surface area contributed by atoms with Crippen molar-refractivity contribution in [2.45, 2.75) is 39.2 Å². The second-order valence-electron chi connectivity index (χ2n) is 6.20. The van der Waals surface area contributed by atoms with Crippen molar-refractivity contribution in [2.24, 2.45) is 0 Å². The Bertz CT molecular complexity index is 888. The standard InChI is InChI=1S/C16H22N4O3S/c1-3-9-24(22,23)19-8-4-5-14(19)16(21)20-15-10-12(17)6-7-13(15)11(2)18-20/h6-7,10,14H,3-5,8-9,17H2,1-2H3. The first-order chi connectivity index (χ1) is 11.3. The van der Waals surface area contributed by atoms with Crippen LogP contribution in [-0.2, 0) is 10.0 Å². The molecule has 0 saturated carbocycles. The molecule has 7 nitrogen and oxygen atoms in total. The van der Waals surface area contributed by atoms with Gasteiger partial charge in [-0.25, -0.2) is 8.42 Å². The van der Waals surface area contributed by atoms with Crippen LogP contribution in [0.25, 0.3) is 10.9 Å². The van der Waals surface area contributed by atoms with Gasteiger partial charge in [0.25, 0.3) is 5.91 Å². The molecular formula is C16H22N4O3S. The maximum atomic E-state index is 13.0. The van der Waals surface area contributed by atoms with Gasteiger partial charge in [-0.05, 0) is 44.4 Å². The Balaban J connectivity index is 2.01. The minimum Gasteiger partial charge on any atom is -0.399 e. The van der Waals surface area contributed by atoms with Gasteiger partial charge < -0.3 is 5.73 Å². The number of aryl methyl sites for hydroxylation is 1. The second kappa shape index (κ2) is 6.18. The van der Waals surface area contributed by atoms with Crippen molar-refractivity contribution >= 4 is 32.5 Å². The third kappa shape index (κ3) is 2.80. The highest BCUT2D eigenvalue weighted by molar-refractivity contribution is 7.89. The van der Waals surface area contributed by atoms with Crippen LogP contribution in [0.1, 0.15) is 36.7 Å². The van der Waals surface area contributed by atoms with Crippen molar-refractivity contribution < 1.29 is 13.2 Å². The van der Waals surface area contributed by atoms with Crippen LogP contribution in [0.3, 0.4) is 0 Å². The van der Waals surface area contributed by atoms with Gasteiger partial charge in [0.05, 0.1) is 17.0 Å². The van der Waals surface area contributed by atoms with Crippen LogP contribution < -0.4 is 5.73 Å². The smallest absolute Gasteiger partial charge is 0.265 e. The van der Waals surface area contributed by atoms with Gasteiger partial charge in [-0.15, -0.1) is 0 Å². The molecule has 1 atom stereocenters. The fraction of sp³-hybridized carbons (Fsp3) is 0.500. The van der Waals surface area contributed by atoms with E-state index >= 15 is 0 Å². The molecule has 0 amide bonds.